The van der Waals surface area contributed by atoms with Crippen LogP contribution in [0.25, 0.3) is 0 Å². The Morgan fingerprint density at radius 2 is 2.04 bits per heavy atom. The van der Waals surface area contributed by atoms with Gasteiger partial charge in [-0.3, -0.25) is 9.59 Å². The van der Waals surface area contributed by atoms with E-state index in [4.69, 9.17) is 4.74 Å². The maximum Gasteiger partial charge on any atom is 0.250 e. The predicted octanol–water partition coefficient (Wildman–Crippen LogP) is 3.23. The number of hydrogen-bond donors (Lipinski definition) is 1. The molecule has 0 atom stereocenters. The van der Waals surface area contributed by atoms with Crippen LogP contribution < -0.4 is 15.6 Å². The highest BCUT2D eigenvalue weighted by molar-refractivity contribution is 5.90. The number of rotatable bonds is 7. The number of anilines is 1. The zero-order valence-corrected chi connectivity index (χ0v) is 14.9. The monoisotopic (exact) mass is 355 g/mol. The lowest BCUT2D eigenvalue weighted by Crippen LogP contribution is -2.22. The van der Waals surface area contributed by atoms with E-state index in [1.54, 1.807) is 30.6 Å². The molecule has 1 saturated carbocycles. The van der Waals surface area contributed by atoms with Crippen LogP contribution in [-0.2, 0) is 11.3 Å². The highest BCUT2D eigenvalue weighted by Gasteiger charge is 2.16. The molecule has 2 aromatic heterocycles. The number of amides is 1. The Kier molecular flexibility index (Phi) is 6.41. The zero-order valence-electron chi connectivity index (χ0n) is 14.9. The molecule has 0 aromatic carbocycles. The number of nitrogens with zero attached hydrogens (tertiary/aromatic N) is 2. The van der Waals surface area contributed by atoms with Gasteiger partial charge in [-0.1, -0.05) is 25.3 Å². The third-order valence-corrected chi connectivity index (χ3v) is 4.71. The molecular formula is C20H25N3O3. The minimum atomic E-state index is -0.193. The summed E-state index contributed by atoms with van der Waals surface area (Å²) in [6.07, 6.45) is 9.76. The van der Waals surface area contributed by atoms with Crippen LogP contribution in [-0.4, -0.2) is 22.1 Å². The van der Waals surface area contributed by atoms with Crippen LogP contribution in [0.3, 0.4) is 0 Å². The van der Waals surface area contributed by atoms with Crippen molar-refractivity contribution >= 4 is 11.7 Å². The first-order valence-electron chi connectivity index (χ1n) is 9.25. The maximum atomic E-state index is 12.2. The van der Waals surface area contributed by atoms with Crippen molar-refractivity contribution in [3.8, 4) is 5.75 Å². The number of pyridine rings is 2. The topological polar surface area (TPSA) is 73.2 Å². The van der Waals surface area contributed by atoms with Gasteiger partial charge < -0.3 is 14.6 Å². The van der Waals surface area contributed by atoms with Gasteiger partial charge in [-0.05, 0) is 37.0 Å². The fourth-order valence-corrected chi connectivity index (χ4v) is 3.22. The average molecular weight is 355 g/mol. The van der Waals surface area contributed by atoms with Crippen molar-refractivity contribution in [2.45, 2.75) is 45.1 Å². The first kappa shape index (κ1) is 18.2. The quantitative estimate of drug-likeness (QED) is 0.827. The largest absolute Gasteiger partial charge is 0.489 e. The Morgan fingerprint density at radius 1 is 1.19 bits per heavy atom. The molecule has 1 fully saturated rings. The van der Waals surface area contributed by atoms with Crippen LogP contribution in [0.15, 0.2) is 47.5 Å². The van der Waals surface area contributed by atoms with Crippen molar-refractivity contribution in [2.24, 2.45) is 5.92 Å². The van der Waals surface area contributed by atoms with Gasteiger partial charge in [0.2, 0.25) is 5.91 Å². The molecule has 0 radical (unpaired) electrons. The van der Waals surface area contributed by atoms with Crippen LogP contribution in [0.1, 0.15) is 38.5 Å². The lowest BCUT2D eigenvalue weighted by Gasteiger charge is -2.22. The summed E-state index contributed by atoms with van der Waals surface area (Å²) < 4.78 is 7.44. The number of carbonyl (C=O) groups excluding carboxylic acids is 1. The van der Waals surface area contributed by atoms with Gasteiger partial charge in [-0.15, -0.1) is 0 Å². The molecular weight excluding hydrogens is 330 g/mol. The molecule has 1 N–H and O–H groups in total. The molecule has 0 saturated heterocycles. The van der Waals surface area contributed by atoms with Crippen molar-refractivity contribution in [1.82, 2.24) is 9.55 Å². The van der Waals surface area contributed by atoms with Crippen LogP contribution in [0, 0.1) is 5.92 Å². The van der Waals surface area contributed by atoms with Gasteiger partial charge in [0, 0.05) is 31.4 Å². The number of hydrogen-bond acceptors (Lipinski definition) is 4. The van der Waals surface area contributed by atoms with Crippen LogP contribution >= 0.6 is 0 Å². The Balaban J connectivity index is 1.54. The molecule has 6 nitrogen and oxygen atoms in total. The highest BCUT2D eigenvalue weighted by Crippen LogP contribution is 2.27. The van der Waals surface area contributed by atoms with Crippen molar-refractivity contribution in [1.29, 1.82) is 0 Å². The first-order chi connectivity index (χ1) is 12.7. The van der Waals surface area contributed by atoms with E-state index in [-0.39, 0.29) is 17.9 Å². The Hall–Kier alpha value is -2.63. The molecule has 6 heteroatoms. The van der Waals surface area contributed by atoms with Crippen molar-refractivity contribution in [3.05, 3.63) is 53.1 Å². The van der Waals surface area contributed by atoms with Crippen molar-refractivity contribution in [2.75, 3.05) is 11.9 Å². The molecule has 1 amide bonds. The molecule has 0 bridgehead atoms. The van der Waals surface area contributed by atoms with Crippen LogP contribution in [0.5, 0.6) is 5.75 Å². The second-order valence-corrected chi connectivity index (χ2v) is 6.70. The van der Waals surface area contributed by atoms with E-state index in [9.17, 15) is 9.59 Å². The summed E-state index contributed by atoms with van der Waals surface area (Å²) in [5.41, 5.74) is -0.116. The molecule has 26 heavy (non-hydrogen) atoms. The third-order valence-electron chi connectivity index (χ3n) is 4.71. The number of nitrogens with one attached hydrogen (secondary N) is 1. The fraction of sp³-hybridized carbons (Fsp3) is 0.450. The van der Waals surface area contributed by atoms with E-state index in [1.165, 1.54) is 42.7 Å². The number of ether oxygens (including phenoxy) is 1. The molecule has 2 heterocycles. The minimum Gasteiger partial charge on any atom is -0.489 e. The average Bonchev–Trinajstić information content (AvgIpc) is 2.67. The molecule has 3 rings (SSSR count). The Morgan fingerprint density at radius 3 is 2.85 bits per heavy atom. The second-order valence-electron chi connectivity index (χ2n) is 6.70. The number of aryl methyl sites for hydroxylation is 1. The summed E-state index contributed by atoms with van der Waals surface area (Å²) in [6, 6.07) is 8.56. The van der Waals surface area contributed by atoms with E-state index < -0.39 is 0 Å². The van der Waals surface area contributed by atoms with Gasteiger partial charge in [0.25, 0.3) is 5.56 Å². The molecule has 1 aliphatic carbocycles. The van der Waals surface area contributed by atoms with E-state index in [0.717, 1.165) is 0 Å². The van der Waals surface area contributed by atoms with Gasteiger partial charge in [-0.2, -0.15) is 0 Å². The molecule has 0 aliphatic heterocycles. The van der Waals surface area contributed by atoms with E-state index in [1.807, 2.05) is 6.07 Å². The minimum absolute atomic E-state index is 0.116. The van der Waals surface area contributed by atoms with Gasteiger partial charge in [0.1, 0.15) is 0 Å². The maximum absolute atomic E-state index is 12.2. The second kappa shape index (κ2) is 9.17. The van der Waals surface area contributed by atoms with Gasteiger partial charge in [0.15, 0.2) is 11.6 Å². The molecule has 0 spiro atoms. The normalized spacial score (nSPS) is 14.8. The molecule has 0 unspecified atom stereocenters. The third kappa shape index (κ3) is 5.18. The summed E-state index contributed by atoms with van der Waals surface area (Å²) in [7, 11) is 0. The molecule has 2 aromatic rings. The zero-order chi connectivity index (χ0) is 18.2. The van der Waals surface area contributed by atoms with Gasteiger partial charge in [0.05, 0.1) is 6.61 Å². The molecule has 1 aliphatic rings. The summed E-state index contributed by atoms with van der Waals surface area (Å²) >= 11 is 0. The lowest BCUT2D eigenvalue weighted by atomic mass is 9.90. The van der Waals surface area contributed by atoms with Gasteiger partial charge >= 0.3 is 0 Å². The van der Waals surface area contributed by atoms with E-state index in [2.05, 4.69) is 10.3 Å². The summed E-state index contributed by atoms with van der Waals surface area (Å²) in [5, 5.41) is 2.80. The highest BCUT2D eigenvalue weighted by atomic mass is 16.5. The van der Waals surface area contributed by atoms with Gasteiger partial charge in [-0.25, -0.2) is 4.98 Å². The predicted molar refractivity (Wildman–Crippen MR) is 100 cm³/mol. The smallest absolute Gasteiger partial charge is 0.250 e. The first-order valence-corrected chi connectivity index (χ1v) is 9.25. The van der Waals surface area contributed by atoms with Crippen LogP contribution in [0.4, 0.5) is 5.82 Å². The number of carbonyl (C=O) groups is 1. The Labute approximate surface area is 153 Å². The fourth-order valence-electron chi connectivity index (χ4n) is 3.22. The summed E-state index contributed by atoms with van der Waals surface area (Å²) in [4.78, 5) is 28.1. The standard InChI is InChI=1S/C20H25N3O3/c24-18(11-14-23-13-5-4-10-19(23)25)22-20-17(9-6-12-21-20)26-15-16-7-2-1-3-8-16/h4-6,9-10,12-13,16H,1-3,7-8,11,14-15H2,(H,21,22,24). The lowest BCUT2D eigenvalue weighted by molar-refractivity contribution is -0.116. The van der Waals surface area contributed by atoms with E-state index >= 15 is 0 Å². The van der Waals surface area contributed by atoms with Crippen LogP contribution in [0.2, 0.25) is 0 Å². The summed E-state index contributed by atoms with van der Waals surface area (Å²) in [5.74, 6) is 1.43. The summed E-state index contributed by atoms with van der Waals surface area (Å²) in [6.45, 7) is 0.991. The van der Waals surface area contributed by atoms with Crippen molar-refractivity contribution in [3.63, 3.8) is 0 Å². The molecule has 138 valence electrons. The van der Waals surface area contributed by atoms with Crippen molar-refractivity contribution < 1.29 is 9.53 Å². The van der Waals surface area contributed by atoms with E-state index in [0.29, 0.717) is 30.6 Å². The Bertz CT molecular complexity index is 782. The number of aromatic nitrogens is 2. The SMILES string of the molecule is O=C(CCn1ccccc1=O)Nc1ncccc1OCC1CCCCC1.